The number of fused-ring (bicyclic) bond motifs is 3. The van der Waals surface area contributed by atoms with Crippen LogP contribution in [-0.4, -0.2) is 44.7 Å². The molecule has 20 heavy (non-hydrogen) atoms. The number of rotatable bonds is 0. The van der Waals surface area contributed by atoms with Crippen molar-refractivity contribution in [2.24, 2.45) is 17.3 Å². The zero-order valence-corrected chi connectivity index (χ0v) is 12.0. The van der Waals surface area contributed by atoms with Crippen molar-refractivity contribution in [3.8, 4) is 0 Å². The largest absolute Gasteiger partial charge is 0.459 e. The number of aliphatic hydroxyl groups excluding tert-OH is 1. The smallest absolute Gasteiger partial charge is 0.338 e. The molecule has 0 bridgehead atoms. The van der Waals surface area contributed by atoms with E-state index in [-0.39, 0.29) is 5.92 Å². The van der Waals surface area contributed by atoms with E-state index in [1.165, 1.54) is 6.92 Å². The lowest BCUT2D eigenvalue weighted by atomic mass is 9.52. The molecular formula is C15H22O5. The van der Waals surface area contributed by atoms with E-state index in [1.807, 2.05) is 6.92 Å². The Morgan fingerprint density at radius 1 is 1.30 bits per heavy atom. The van der Waals surface area contributed by atoms with Crippen LogP contribution in [0.5, 0.6) is 0 Å². The van der Waals surface area contributed by atoms with Crippen LogP contribution in [0.25, 0.3) is 0 Å². The minimum Gasteiger partial charge on any atom is -0.459 e. The van der Waals surface area contributed by atoms with E-state index < -0.39 is 40.7 Å². The van der Waals surface area contributed by atoms with Gasteiger partial charge in [0.15, 0.2) is 5.60 Å². The average molecular weight is 282 g/mol. The maximum atomic E-state index is 11.9. The Bertz CT molecular complexity index is 481. The molecule has 5 nitrogen and oxygen atoms in total. The van der Waals surface area contributed by atoms with Crippen LogP contribution in [-0.2, 0) is 9.53 Å². The second-order valence-corrected chi connectivity index (χ2v) is 7.18. The van der Waals surface area contributed by atoms with E-state index in [0.29, 0.717) is 12.8 Å². The fourth-order valence-corrected chi connectivity index (χ4v) is 4.48. The summed E-state index contributed by atoms with van der Waals surface area (Å²) in [5.74, 6) is -1.39. The molecule has 0 aromatic heterocycles. The molecule has 7 atom stereocenters. The van der Waals surface area contributed by atoms with E-state index in [9.17, 15) is 20.1 Å². The van der Waals surface area contributed by atoms with Crippen LogP contribution in [0.2, 0.25) is 0 Å². The molecule has 0 spiro atoms. The predicted molar refractivity (Wildman–Crippen MR) is 70.6 cm³/mol. The summed E-state index contributed by atoms with van der Waals surface area (Å²) in [6, 6.07) is 0. The monoisotopic (exact) mass is 282 g/mol. The van der Waals surface area contributed by atoms with Crippen LogP contribution >= 0.6 is 0 Å². The van der Waals surface area contributed by atoms with Gasteiger partial charge in [-0.15, -0.1) is 0 Å². The van der Waals surface area contributed by atoms with Gasteiger partial charge in [-0.1, -0.05) is 19.1 Å². The highest BCUT2D eigenvalue weighted by Gasteiger charge is 2.66. The molecule has 1 saturated heterocycles. The molecule has 1 aliphatic heterocycles. The van der Waals surface area contributed by atoms with Gasteiger partial charge in [0.1, 0.15) is 6.10 Å². The molecule has 1 heterocycles. The molecule has 112 valence electrons. The minimum absolute atomic E-state index is 0.335. The Kier molecular flexibility index (Phi) is 2.70. The molecule has 2 aliphatic carbocycles. The van der Waals surface area contributed by atoms with Gasteiger partial charge >= 0.3 is 5.97 Å². The van der Waals surface area contributed by atoms with Crippen molar-refractivity contribution in [1.29, 1.82) is 0 Å². The van der Waals surface area contributed by atoms with Gasteiger partial charge < -0.3 is 20.1 Å². The number of carbonyl (C=O) groups is 1. The summed E-state index contributed by atoms with van der Waals surface area (Å²) in [6.45, 7) is 5.06. The Morgan fingerprint density at radius 3 is 2.60 bits per heavy atom. The molecule has 3 aliphatic rings. The maximum Gasteiger partial charge on any atom is 0.338 e. The van der Waals surface area contributed by atoms with Crippen molar-refractivity contribution in [1.82, 2.24) is 0 Å². The van der Waals surface area contributed by atoms with Crippen molar-refractivity contribution in [3.63, 3.8) is 0 Å². The number of hydrogen-bond acceptors (Lipinski definition) is 5. The SMILES string of the molecule is C[C@@]12CC[C@@H]3[C@H](OC(=O)[C@]3(C)O)[C@@H]1[C@](C)(O)C=C[C@@H]2O. The van der Waals surface area contributed by atoms with Crippen molar-refractivity contribution >= 4 is 5.97 Å². The summed E-state index contributed by atoms with van der Waals surface area (Å²) in [5.41, 5.74) is -3.23. The van der Waals surface area contributed by atoms with E-state index >= 15 is 0 Å². The fraction of sp³-hybridized carbons (Fsp3) is 0.800. The highest BCUT2D eigenvalue weighted by molar-refractivity contribution is 5.81. The number of esters is 1. The van der Waals surface area contributed by atoms with E-state index in [2.05, 4.69) is 0 Å². The topological polar surface area (TPSA) is 87.0 Å². The lowest BCUT2D eigenvalue weighted by Gasteiger charge is -2.55. The summed E-state index contributed by atoms with van der Waals surface area (Å²) in [7, 11) is 0. The normalized spacial score (nSPS) is 58.0. The van der Waals surface area contributed by atoms with Crippen LogP contribution in [0.15, 0.2) is 12.2 Å². The highest BCUT2D eigenvalue weighted by atomic mass is 16.6. The van der Waals surface area contributed by atoms with Crippen LogP contribution in [0, 0.1) is 17.3 Å². The van der Waals surface area contributed by atoms with Crippen molar-refractivity contribution < 1.29 is 24.9 Å². The molecular weight excluding hydrogens is 260 g/mol. The predicted octanol–water partition coefficient (Wildman–Crippen LogP) is 0.377. The van der Waals surface area contributed by atoms with Crippen molar-refractivity contribution in [3.05, 3.63) is 12.2 Å². The standard InChI is InChI=1S/C15H22O5/c1-13-6-4-8-10(20-12(17)15(8,3)19)11(13)14(2,18)7-5-9(13)16/h5,7-11,16,18-19H,4,6H2,1-3H3/t8-,9+,10+,11+,13+,14-,15-/m1/s1. The van der Waals surface area contributed by atoms with Gasteiger partial charge in [0, 0.05) is 17.3 Å². The molecule has 0 aromatic rings. The van der Waals surface area contributed by atoms with Gasteiger partial charge in [0.05, 0.1) is 11.7 Å². The van der Waals surface area contributed by atoms with E-state index in [0.717, 1.165) is 0 Å². The summed E-state index contributed by atoms with van der Waals surface area (Å²) >= 11 is 0. The Labute approximate surface area is 118 Å². The molecule has 3 N–H and O–H groups in total. The van der Waals surface area contributed by atoms with Gasteiger partial charge in [-0.3, -0.25) is 0 Å². The van der Waals surface area contributed by atoms with E-state index in [4.69, 9.17) is 4.74 Å². The molecule has 2 fully saturated rings. The van der Waals surface area contributed by atoms with Gasteiger partial charge in [-0.25, -0.2) is 4.79 Å². The molecule has 5 heteroatoms. The van der Waals surface area contributed by atoms with Crippen LogP contribution in [0.1, 0.15) is 33.6 Å². The number of ether oxygens (including phenoxy) is 1. The summed E-state index contributed by atoms with van der Waals surface area (Å²) < 4.78 is 5.41. The Hall–Kier alpha value is -0.910. The highest BCUT2D eigenvalue weighted by Crippen LogP contribution is 2.57. The Morgan fingerprint density at radius 2 is 1.95 bits per heavy atom. The lowest BCUT2D eigenvalue weighted by molar-refractivity contribution is -0.175. The third kappa shape index (κ3) is 1.57. The summed E-state index contributed by atoms with van der Waals surface area (Å²) in [5, 5.41) is 31.3. The first-order valence-electron chi connectivity index (χ1n) is 7.14. The van der Waals surface area contributed by atoms with Gasteiger partial charge in [0.25, 0.3) is 0 Å². The zero-order valence-electron chi connectivity index (χ0n) is 12.0. The molecule has 0 radical (unpaired) electrons. The lowest BCUT2D eigenvalue weighted by Crippen LogP contribution is -2.61. The number of aliphatic hydroxyl groups is 3. The average Bonchev–Trinajstić information content (AvgIpc) is 2.55. The number of hydrogen-bond donors (Lipinski definition) is 3. The number of carbonyl (C=O) groups excluding carboxylic acids is 1. The maximum absolute atomic E-state index is 11.9. The molecule has 0 aromatic carbocycles. The Balaban J connectivity index is 2.07. The molecule has 1 saturated carbocycles. The first-order chi connectivity index (χ1) is 9.10. The van der Waals surface area contributed by atoms with Crippen LogP contribution in [0.3, 0.4) is 0 Å². The minimum atomic E-state index is -1.51. The van der Waals surface area contributed by atoms with Crippen LogP contribution in [0.4, 0.5) is 0 Å². The zero-order chi connectivity index (χ0) is 14.9. The third-order valence-electron chi connectivity index (χ3n) is 5.73. The van der Waals surface area contributed by atoms with Gasteiger partial charge in [-0.05, 0) is 26.7 Å². The third-order valence-corrected chi connectivity index (χ3v) is 5.73. The summed E-state index contributed by atoms with van der Waals surface area (Å²) in [4.78, 5) is 11.9. The first kappa shape index (κ1) is 14.0. The second kappa shape index (κ2) is 3.84. The van der Waals surface area contributed by atoms with Gasteiger partial charge in [0.2, 0.25) is 0 Å². The first-order valence-corrected chi connectivity index (χ1v) is 7.14. The summed E-state index contributed by atoms with van der Waals surface area (Å²) in [6.07, 6.45) is 3.17. The quantitative estimate of drug-likeness (QED) is 0.441. The van der Waals surface area contributed by atoms with Crippen molar-refractivity contribution in [2.75, 3.05) is 0 Å². The molecule has 3 rings (SSSR count). The molecule has 0 unspecified atom stereocenters. The fourth-order valence-electron chi connectivity index (χ4n) is 4.48. The van der Waals surface area contributed by atoms with Crippen molar-refractivity contribution in [2.45, 2.75) is 57.0 Å². The second-order valence-electron chi connectivity index (χ2n) is 7.18. The van der Waals surface area contributed by atoms with Gasteiger partial charge in [-0.2, -0.15) is 0 Å². The van der Waals surface area contributed by atoms with Crippen LogP contribution < -0.4 is 0 Å². The van der Waals surface area contributed by atoms with E-state index in [1.54, 1.807) is 19.1 Å². The molecule has 0 amide bonds.